The fourth-order valence-corrected chi connectivity index (χ4v) is 1.29. The highest BCUT2D eigenvalue weighted by Crippen LogP contribution is 2.17. The van der Waals surface area contributed by atoms with Gasteiger partial charge in [-0.05, 0) is 27.4 Å². The molecule has 0 bridgehead atoms. The summed E-state index contributed by atoms with van der Waals surface area (Å²) >= 11 is 0. The van der Waals surface area contributed by atoms with Gasteiger partial charge in [-0.3, -0.25) is 15.0 Å². The average Bonchev–Trinajstić information content (AvgIpc) is 2.36. The molecule has 0 saturated carbocycles. The highest BCUT2D eigenvalue weighted by atomic mass is 16.3. The molecule has 0 spiro atoms. The summed E-state index contributed by atoms with van der Waals surface area (Å²) in [4.78, 5) is 13.9. The molecule has 20 heavy (non-hydrogen) atoms. The number of amides is 1. The van der Waals surface area contributed by atoms with Crippen LogP contribution >= 0.6 is 0 Å². The molecular weight excluding hydrogens is 258 g/mol. The number of carbonyl (C=O) groups is 1. The van der Waals surface area contributed by atoms with E-state index in [0.717, 1.165) is 6.08 Å². The van der Waals surface area contributed by atoms with Gasteiger partial charge in [0.05, 0.1) is 12.1 Å². The first-order chi connectivity index (χ1) is 8.98. The van der Waals surface area contributed by atoms with E-state index in [4.69, 9.17) is 10.5 Å². The largest absolute Gasteiger partial charge is 0.494 e. The van der Waals surface area contributed by atoms with Crippen molar-refractivity contribution < 1.29 is 15.0 Å². The summed E-state index contributed by atoms with van der Waals surface area (Å²) < 4.78 is 0. The number of aliphatic hydroxyl groups excluding tert-OH is 2. The quantitative estimate of drug-likeness (QED) is 0.418. The van der Waals surface area contributed by atoms with E-state index in [9.17, 15) is 9.90 Å². The van der Waals surface area contributed by atoms with Crippen molar-refractivity contribution in [3.63, 3.8) is 0 Å². The summed E-state index contributed by atoms with van der Waals surface area (Å²) in [5.74, 6) is -0.746. The van der Waals surface area contributed by atoms with Crippen LogP contribution in [-0.2, 0) is 4.79 Å². The maximum absolute atomic E-state index is 12.1. The van der Waals surface area contributed by atoms with Crippen molar-refractivity contribution in [1.82, 2.24) is 10.2 Å². The number of nitrogens with zero attached hydrogens (tertiary/aromatic N) is 1. The number of nitrogens with one attached hydrogen (secondary N) is 2. The number of hydrogen-bond acceptors (Lipinski definition) is 5. The van der Waals surface area contributed by atoms with Crippen LogP contribution in [0.1, 0.15) is 34.6 Å². The molecule has 0 radical (unpaired) electrons. The van der Waals surface area contributed by atoms with Crippen LogP contribution in [0.15, 0.2) is 12.0 Å². The molecule has 6 heteroatoms. The average molecular weight is 285 g/mol. The molecule has 0 aliphatic rings. The monoisotopic (exact) mass is 285 g/mol. The van der Waals surface area contributed by atoms with Crippen molar-refractivity contribution in [2.45, 2.75) is 40.2 Å². The Hall–Kier alpha value is -1.40. The standard InChI is InChI=1S/C14H27N3O3/c1-7-17(6)14(4,5)12(20)16-11(19)8-10(15)13(2,3)9-18/h8,15,18-19H,7,9H2,1-6H3,(H,16,20)/b11-8-,15-10?. The van der Waals surface area contributed by atoms with Crippen LogP contribution < -0.4 is 5.32 Å². The van der Waals surface area contributed by atoms with E-state index in [1.807, 2.05) is 18.9 Å². The zero-order chi connectivity index (χ0) is 16.1. The van der Waals surface area contributed by atoms with Crippen molar-refractivity contribution in [3.8, 4) is 0 Å². The molecule has 0 aromatic carbocycles. The van der Waals surface area contributed by atoms with Crippen molar-refractivity contribution in [2.24, 2.45) is 5.41 Å². The first kappa shape index (κ1) is 18.6. The smallest absolute Gasteiger partial charge is 0.246 e. The van der Waals surface area contributed by atoms with E-state index in [-0.39, 0.29) is 24.1 Å². The Labute approximate surface area is 121 Å². The molecule has 0 heterocycles. The number of allylic oxidation sites excluding steroid dienone is 1. The minimum absolute atomic E-state index is 0.0412. The van der Waals surface area contributed by atoms with Crippen molar-refractivity contribution in [1.29, 1.82) is 5.41 Å². The molecular formula is C14H27N3O3. The number of carbonyl (C=O) groups excluding carboxylic acids is 1. The Morgan fingerprint density at radius 1 is 1.35 bits per heavy atom. The van der Waals surface area contributed by atoms with Crippen LogP contribution in [0.2, 0.25) is 0 Å². The maximum Gasteiger partial charge on any atom is 0.246 e. The number of likely N-dealkylation sites (N-methyl/N-ethyl adjacent to an activating group) is 1. The summed E-state index contributed by atoms with van der Waals surface area (Å²) in [6, 6.07) is 0. The van der Waals surface area contributed by atoms with Crippen molar-refractivity contribution >= 4 is 11.6 Å². The van der Waals surface area contributed by atoms with E-state index < -0.39 is 11.0 Å². The zero-order valence-corrected chi connectivity index (χ0v) is 13.2. The fourth-order valence-electron chi connectivity index (χ4n) is 1.29. The summed E-state index contributed by atoms with van der Waals surface area (Å²) in [7, 11) is 1.82. The van der Waals surface area contributed by atoms with E-state index in [1.54, 1.807) is 27.7 Å². The summed E-state index contributed by atoms with van der Waals surface area (Å²) in [5, 5.41) is 29.1. The molecule has 0 unspecified atom stereocenters. The van der Waals surface area contributed by atoms with Gasteiger partial charge in [-0.25, -0.2) is 0 Å². The molecule has 0 saturated heterocycles. The maximum atomic E-state index is 12.1. The number of aliphatic hydroxyl groups is 2. The third-order valence-corrected chi connectivity index (χ3v) is 3.63. The van der Waals surface area contributed by atoms with Gasteiger partial charge in [0, 0.05) is 17.2 Å². The Balaban J connectivity index is 4.89. The van der Waals surface area contributed by atoms with Gasteiger partial charge >= 0.3 is 0 Å². The Kier molecular flexibility index (Phi) is 6.37. The van der Waals surface area contributed by atoms with E-state index in [0.29, 0.717) is 6.54 Å². The lowest BCUT2D eigenvalue weighted by Crippen LogP contribution is -2.53. The van der Waals surface area contributed by atoms with Crippen LogP contribution in [0, 0.1) is 10.8 Å². The van der Waals surface area contributed by atoms with Crippen LogP contribution in [0.4, 0.5) is 0 Å². The lowest BCUT2D eigenvalue weighted by molar-refractivity contribution is -0.130. The lowest BCUT2D eigenvalue weighted by Gasteiger charge is -2.33. The van der Waals surface area contributed by atoms with Crippen LogP contribution in [0.25, 0.3) is 0 Å². The van der Waals surface area contributed by atoms with Gasteiger partial charge in [0.1, 0.15) is 0 Å². The van der Waals surface area contributed by atoms with E-state index in [1.165, 1.54) is 0 Å². The van der Waals surface area contributed by atoms with Gasteiger partial charge in [-0.1, -0.05) is 20.8 Å². The first-order valence-electron chi connectivity index (χ1n) is 6.62. The zero-order valence-electron chi connectivity index (χ0n) is 13.2. The molecule has 0 aliphatic heterocycles. The second-order valence-corrected chi connectivity index (χ2v) is 6.01. The van der Waals surface area contributed by atoms with E-state index in [2.05, 4.69) is 5.32 Å². The third kappa shape index (κ3) is 4.61. The Morgan fingerprint density at radius 3 is 2.25 bits per heavy atom. The van der Waals surface area contributed by atoms with Crippen LogP contribution in [0.5, 0.6) is 0 Å². The highest BCUT2D eigenvalue weighted by molar-refractivity contribution is 5.97. The number of rotatable bonds is 7. The second-order valence-electron chi connectivity index (χ2n) is 6.01. The van der Waals surface area contributed by atoms with Crippen LogP contribution in [0.3, 0.4) is 0 Å². The molecule has 116 valence electrons. The summed E-state index contributed by atoms with van der Waals surface area (Å²) in [6.07, 6.45) is 1.15. The Bertz CT molecular complexity index is 400. The molecule has 0 fully saturated rings. The Morgan fingerprint density at radius 2 is 1.85 bits per heavy atom. The van der Waals surface area contributed by atoms with Gasteiger partial charge in [-0.2, -0.15) is 0 Å². The predicted molar refractivity (Wildman–Crippen MR) is 79.8 cm³/mol. The van der Waals surface area contributed by atoms with E-state index >= 15 is 0 Å². The first-order valence-corrected chi connectivity index (χ1v) is 6.62. The summed E-state index contributed by atoms with van der Waals surface area (Å²) in [5.41, 5.74) is -1.50. The minimum Gasteiger partial charge on any atom is -0.494 e. The fraction of sp³-hybridized carbons (Fsp3) is 0.714. The van der Waals surface area contributed by atoms with Crippen molar-refractivity contribution in [2.75, 3.05) is 20.2 Å². The molecule has 0 aromatic rings. The van der Waals surface area contributed by atoms with Crippen LogP contribution in [-0.4, -0.2) is 52.5 Å². The van der Waals surface area contributed by atoms with Crippen molar-refractivity contribution in [3.05, 3.63) is 12.0 Å². The molecule has 0 atom stereocenters. The summed E-state index contributed by atoms with van der Waals surface area (Å²) in [6.45, 7) is 9.27. The van der Waals surface area contributed by atoms with Gasteiger partial charge < -0.3 is 15.6 Å². The SMILES string of the molecule is CCN(C)C(C)(C)C(=O)N/C(O)=C/C(=N)C(C)(C)CO. The molecule has 0 aliphatic carbocycles. The van der Waals surface area contributed by atoms with Gasteiger partial charge in [0.25, 0.3) is 0 Å². The molecule has 1 amide bonds. The molecule has 0 aromatic heterocycles. The molecule has 6 nitrogen and oxygen atoms in total. The molecule has 0 rings (SSSR count). The van der Waals surface area contributed by atoms with Gasteiger partial charge in [0.15, 0.2) is 5.88 Å². The van der Waals surface area contributed by atoms with Gasteiger partial charge in [-0.15, -0.1) is 0 Å². The minimum atomic E-state index is -0.773. The number of hydrogen-bond donors (Lipinski definition) is 4. The van der Waals surface area contributed by atoms with Gasteiger partial charge in [0.2, 0.25) is 5.91 Å². The predicted octanol–water partition coefficient (Wildman–Crippen LogP) is 1.27. The second kappa shape index (κ2) is 6.85. The lowest BCUT2D eigenvalue weighted by atomic mass is 9.88. The molecule has 4 N–H and O–H groups in total. The normalized spacial score (nSPS) is 13.5. The highest BCUT2D eigenvalue weighted by Gasteiger charge is 2.32. The topological polar surface area (TPSA) is 96.7 Å². The third-order valence-electron chi connectivity index (χ3n) is 3.63.